The Bertz CT molecular complexity index is 487. The van der Waals surface area contributed by atoms with Gasteiger partial charge in [-0.3, -0.25) is 9.59 Å². The van der Waals surface area contributed by atoms with Crippen molar-refractivity contribution in [1.29, 1.82) is 0 Å². The molecule has 2 nitrogen and oxygen atoms in total. The molecule has 0 aromatic heterocycles. The fourth-order valence-corrected chi connectivity index (χ4v) is 1.98. The van der Waals surface area contributed by atoms with Gasteiger partial charge in [-0.2, -0.15) is 0 Å². The Morgan fingerprint density at radius 1 is 1.12 bits per heavy atom. The Kier molecular flexibility index (Phi) is 3.10. The van der Waals surface area contributed by atoms with E-state index in [1.165, 1.54) is 0 Å². The summed E-state index contributed by atoms with van der Waals surface area (Å²) in [5, 5.41) is 0. The van der Waals surface area contributed by atoms with E-state index in [9.17, 15) is 9.59 Å². The molecule has 0 radical (unpaired) electrons. The summed E-state index contributed by atoms with van der Waals surface area (Å²) in [4.78, 5) is 23.3. The lowest BCUT2D eigenvalue weighted by Crippen LogP contribution is -2.28. The summed E-state index contributed by atoms with van der Waals surface area (Å²) in [5.74, 6) is 6.00. The molecule has 0 atom stereocenters. The summed E-state index contributed by atoms with van der Waals surface area (Å²) < 4.78 is 0. The highest BCUT2D eigenvalue weighted by atomic mass is 16.2. The standard InChI is InChI=1S/C15H14O2/c1-15(13(16)9-10-14(15)17)11-5-8-12-6-3-2-4-7-12/h2-4,6-7H,9-11H2,1H3. The van der Waals surface area contributed by atoms with Crippen LogP contribution in [0.4, 0.5) is 0 Å². The molecule has 0 unspecified atom stereocenters. The molecule has 0 heterocycles. The van der Waals surface area contributed by atoms with Crippen molar-refractivity contribution in [1.82, 2.24) is 0 Å². The van der Waals surface area contributed by atoms with Crippen LogP contribution in [0, 0.1) is 17.3 Å². The lowest BCUT2D eigenvalue weighted by atomic mass is 9.83. The Morgan fingerprint density at radius 2 is 1.71 bits per heavy atom. The molecular weight excluding hydrogens is 212 g/mol. The number of Topliss-reactive ketones (excluding diaryl/α,β-unsaturated/α-hetero) is 2. The topological polar surface area (TPSA) is 34.1 Å². The van der Waals surface area contributed by atoms with Gasteiger partial charge in [0.05, 0.1) is 5.41 Å². The summed E-state index contributed by atoms with van der Waals surface area (Å²) in [6.07, 6.45) is 1.09. The molecule has 0 aliphatic heterocycles. The number of carbonyl (C=O) groups is 2. The van der Waals surface area contributed by atoms with Crippen LogP contribution in [0.5, 0.6) is 0 Å². The Labute approximate surface area is 101 Å². The third kappa shape index (κ3) is 2.29. The van der Waals surface area contributed by atoms with Gasteiger partial charge < -0.3 is 0 Å². The smallest absolute Gasteiger partial charge is 0.147 e. The van der Waals surface area contributed by atoms with Crippen LogP contribution in [0.3, 0.4) is 0 Å². The van der Waals surface area contributed by atoms with Gasteiger partial charge in [0.25, 0.3) is 0 Å². The Balaban J connectivity index is 2.11. The van der Waals surface area contributed by atoms with Crippen LogP contribution in [0.2, 0.25) is 0 Å². The van der Waals surface area contributed by atoms with Crippen molar-refractivity contribution in [2.24, 2.45) is 5.41 Å². The normalized spacial score (nSPS) is 17.7. The summed E-state index contributed by atoms with van der Waals surface area (Å²) in [6.45, 7) is 1.71. The maximum Gasteiger partial charge on any atom is 0.147 e. The zero-order chi connectivity index (χ0) is 12.3. The molecule has 0 saturated heterocycles. The van der Waals surface area contributed by atoms with E-state index in [-0.39, 0.29) is 11.6 Å². The Morgan fingerprint density at radius 3 is 2.29 bits per heavy atom. The monoisotopic (exact) mass is 226 g/mol. The van der Waals surface area contributed by atoms with Gasteiger partial charge in [0.1, 0.15) is 11.6 Å². The minimum atomic E-state index is -0.859. The van der Waals surface area contributed by atoms with Gasteiger partial charge in [0.2, 0.25) is 0 Å². The van der Waals surface area contributed by atoms with Gasteiger partial charge in [-0.15, -0.1) is 0 Å². The first kappa shape index (κ1) is 11.6. The van der Waals surface area contributed by atoms with Crippen LogP contribution in [0.15, 0.2) is 30.3 Å². The molecule has 0 N–H and O–H groups in total. The molecule has 86 valence electrons. The van der Waals surface area contributed by atoms with Gasteiger partial charge in [-0.05, 0) is 19.1 Å². The van der Waals surface area contributed by atoms with Crippen molar-refractivity contribution in [2.45, 2.75) is 26.2 Å². The SMILES string of the molecule is CC1(CC#Cc2ccccc2)C(=O)CCC1=O. The number of ketones is 2. The van der Waals surface area contributed by atoms with E-state index < -0.39 is 5.41 Å². The third-order valence-corrected chi connectivity index (χ3v) is 3.26. The average molecular weight is 226 g/mol. The number of hydrogen-bond acceptors (Lipinski definition) is 2. The lowest BCUT2D eigenvalue weighted by molar-refractivity contribution is -0.133. The van der Waals surface area contributed by atoms with E-state index in [0.29, 0.717) is 19.3 Å². The fourth-order valence-electron chi connectivity index (χ4n) is 1.98. The van der Waals surface area contributed by atoms with Crippen molar-refractivity contribution >= 4 is 11.6 Å². The van der Waals surface area contributed by atoms with Crippen LogP contribution in [-0.4, -0.2) is 11.6 Å². The summed E-state index contributed by atoms with van der Waals surface area (Å²) in [5.41, 5.74) is 0.0518. The average Bonchev–Trinajstić information content (AvgIpc) is 2.59. The maximum atomic E-state index is 11.7. The molecule has 0 spiro atoms. The van der Waals surface area contributed by atoms with Crippen molar-refractivity contribution in [3.63, 3.8) is 0 Å². The fraction of sp³-hybridized carbons (Fsp3) is 0.333. The van der Waals surface area contributed by atoms with Crippen LogP contribution >= 0.6 is 0 Å². The van der Waals surface area contributed by atoms with Crippen LogP contribution in [0.25, 0.3) is 0 Å². The second-order valence-corrected chi connectivity index (χ2v) is 4.52. The van der Waals surface area contributed by atoms with E-state index in [1.54, 1.807) is 6.92 Å². The molecule has 1 aliphatic carbocycles. The number of benzene rings is 1. The molecule has 1 saturated carbocycles. The molecule has 0 amide bonds. The van der Waals surface area contributed by atoms with Gasteiger partial charge >= 0.3 is 0 Å². The zero-order valence-corrected chi connectivity index (χ0v) is 9.82. The van der Waals surface area contributed by atoms with Crippen LogP contribution < -0.4 is 0 Å². The van der Waals surface area contributed by atoms with Gasteiger partial charge in [-0.25, -0.2) is 0 Å². The Hall–Kier alpha value is -1.88. The molecule has 17 heavy (non-hydrogen) atoms. The maximum absolute atomic E-state index is 11.7. The summed E-state index contributed by atoms with van der Waals surface area (Å²) >= 11 is 0. The van der Waals surface area contributed by atoms with Gasteiger partial charge in [0.15, 0.2) is 0 Å². The number of carbonyl (C=O) groups excluding carboxylic acids is 2. The molecule has 1 fully saturated rings. The molecule has 1 aromatic rings. The highest BCUT2D eigenvalue weighted by molar-refractivity contribution is 6.12. The van der Waals surface area contributed by atoms with Crippen LogP contribution in [-0.2, 0) is 9.59 Å². The second-order valence-electron chi connectivity index (χ2n) is 4.52. The molecule has 0 bridgehead atoms. The van der Waals surface area contributed by atoms with E-state index in [0.717, 1.165) is 5.56 Å². The third-order valence-electron chi connectivity index (χ3n) is 3.26. The predicted molar refractivity (Wildman–Crippen MR) is 65.3 cm³/mol. The quantitative estimate of drug-likeness (QED) is 0.544. The van der Waals surface area contributed by atoms with Gasteiger partial charge in [0, 0.05) is 24.8 Å². The first-order valence-corrected chi connectivity index (χ1v) is 5.73. The molecule has 2 heteroatoms. The molecule has 2 rings (SSSR count). The second kappa shape index (κ2) is 4.55. The molecule has 1 aliphatic rings. The van der Waals surface area contributed by atoms with Crippen LogP contribution in [0.1, 0.15) is 31.7 Å². The predicted octanol–water partition coefficient (Wildman–Crippen LogP) is 2.37. The lowest BCUT2D eigenvalue weighted by Gasteiger charge is -2.15. The largest absolute Gasteiger partial charge is 0.299 e. The minimum Gasteiger partial charge on any atom is -0.299 e. The zero-order valence-electron chi connectivity index (χ0n) is 9.82. The first-order chi connectivity index (χ1) is 8.13. The summed E-state index contributed by atoms with van der Waals surface area (Å²) in [7, 11) is 0. The first-order valence-electron chi connectivity index (χ1n) is 5.73. The van der Waals surface area contributed by atoms with E-state index in [2.05, 4.69) is 11.8 Å². The molecular formula is C15H14O2. The number of rotatable bonds is 1. The van der Waals surface area contributed by atoms with E-state index >= 15 is 0 Å². The highest BCUT2D eigenvalue weighted by Gasteiger charge is 2.44. The summed E-state index contributed by atoms with van der Waals surface area (Å²) in [6, 6.07) is 9.58. The van der Waals surface area contributed by atoms with Crippen molar-refractivity contribution < 1.29 is 9.59 Å². The number of hydrogen-bond donors (Lipinski definition) is 0. The molecule has 1 aromatic carbocycles. The van der Waals surface area contributed by atoms with E-state index in [1.807, 2.05) is 30.3 Å². The van der Waals surface area contributed by atoms with Crippen molar-refractivity contribution in [3.8, 4) is 11.8 Å². The van der Waals surface area contributed by atoms with E-state index in [4.69, 9.17) is 0 Å². The van der Waals surface area contributed by atoms with Gasteiger partial charge in [-0.1, -0.05) is 30.0 Å². The van der Waals surface area contributed by atoms with Crippen molar-refractivity contribution in [2.75, 3.05) is 0 Å². The van der Waals surface area contributed by atoms with Crippen molar-refractivity contribution in [3.05, 3.63) is 35.9 Å². The minimum absolute atomic E-state index is 0.0323. The highest BCUT2D eigenvalue weighted by Crippen LogP contribution is 2.33.